The van der Waals surface area contributed by atoms with Crippen molar-refractivity contribution in [3.05, 3.63) is 22.4 Å². The minimum atomic E-state index is 0. The summed E-state index contributed by atoms with van der Waals surface area (Å²) in [6.45, 7) is 6.24. The monoisotopic (exact) mass is 276 g/mol. The predicted molar refractivity (Wildman–Crippen MR) is 75.7 cm³/mol. The molecule has 0 saturated carbocycles. The van der Waals surface area contributed by atoms with Gasteiger partial charge in [-0.15, -0.1) is 23.7 Å². The lowest BCUT2D eigenvalue weighted by molar-refractivity contribution is -0.135. The van der Waals surface area contributed by atoms with E-state index in [9.17, 15) is 4.79 Å². The van der Waals surface area contributed by atoms with Gasteiger partial charge in [0, 0.05) is 23.9 Å². The molecule has 1 heterocycles. The summed E-state index contributed by atoms with van der Waals surface area (Å²) >= 11 is 1.70. The van der Waals surface area contributed by atoms with Crippen LogP contribution in [-0.2, 0) is 11.3 Å². The molecule has 0 aliphatic heterocycles. The molecule has 0 aliphatic carbocycles. The molecule has 98 valence electrons. The fourth-order valence-corrected chi connectivity index (χ4v) is 2.36. The van der Waals surface area contributed by atoms with Crippen LogP contribution in [0.5, 0.6) is 0 Å². The molecule has 1 N–H and O–H groups in total. The van der Waals surface area contributed by atoms with Gasteiger partial charge in [0.2, 0.25) is 5.91 Å². The first-order valence-corrected chi connectivity index (χ1v) is 6.52. The smallest absolute Gasteiger partial charge is 0.227 e. The van der Waals surface area contributed by atoms with Crippen molar-refractivity contribution in [2.75, 3.05) is 20.1 Å². The molecule has 0 saturated heterocycles. The van der Waals surface area contributed by atoms with Gasteiger partial charge < -0.3 is 10.2 Å². The van der Waals surface area contributed by atoms with Gasteiger partial charge in [0.15, 0.2) is 0 Å². The number of carbonyl (C=O) groups is 1. The third-order valence-electron chi connectivity index (χ3n) is 2.55. The highest BCUT2D eigenvalue weighted by Gasteiger charge is 2.18. The molecule has 0 aromatic carbocycles. The molecule has 17 heavy (non-hydrogen) atoms. The molecular formula is C12H21ClN2OS. The molecule has 1 atom stereocenters. The number of rotatable bonds is 6. The highest BCUT2D eigenvalue weighted by atomic mass is 35.5. The summed E-state index contributed by atoms with van der Waals surface area (Å²) in [4.78, 5) is 15.2. The van der Waals surface area contributed by atoms with E-state index in [1.54, 1.807) is 11.3 Å². The van der Waals surface area contributed by atoms with Crippen LogP contribution in [0.25, 0.3) is 0 Å². The molecule has 1 amide bonds. The Morgan fingerprint density at radius 2 is 2.29 bits per heavy atom. The van der Waals surface area contributed by atoms with Crippen LogP contribution in [0.4, 0.5) is 0 Å². The zero-order valence-electron chi connectivity index (χ0n) is 10.6. The second-order valence-corrected chi connectivity index (χ2v) is 4.92. The van der Waals surface area contributed by atoms with Gasteiger partial charge in [-0.25, -0.2) is 0 Å². The number of hydrogen-bond acceptors (Lipinski definition) is 3. The Balaban J connectivity index is 0.00000256. The van der Waals surface area contributed by atoms with E-state index in [1.165, 1.54) is 4.88 Å². The maximum absolute atomic E-state index is 12.1. The minimum Gasteiger partial charge on any atom is -0.338 e. The van der Waals surface area contributed by atoms with Crippen molar-refractivity contribution in [1.82, 2.24) is 10.2 Å². The second-order valence-electron chi connectivity index (χ2n) is 3.89. The van der Waals surface area contributed by atoms with E-state index in [2.05, 4.69) is 11.4 Å². The average Bonchev–Trinajstić information content (AvgIpc) is 2.78. The number of nitrogens with one attached hydrogen (secondary N) is 1. The summed E-state index contributed by atoms with van der Waals surface area (Å²) < 4.78 is 0. The van der Waals surface area contributed by atoms with Crippen LogP contribution < -0.4 is 5.32 Å². The van der Waals surface area contributed by atoms with Crippen LogP contribution in [0.3, 0.4) is 0 Å². The summed E-state index contributed by atoms with van der Waals surface area (Å²) in [6.07, 6.45) is 0. The number of amides is 1. The standard InChI is InChI=1S/C12H20N2OS.ClH/c1-4-14(9-11-6-5-7-16-11)12(15)10(2)8-13-3;/h5-7,10,13H,4,8-9H2,1-3H3;1H. The molecule has 1 aromatic rings. The third kappa shape index (κ3) is 5.06. The van der Waals surface area contributed by atoms with Crippen LogP contribution in [-0.4, -0.2) is 30.9 Å². The Hall–Kier alpha value is -0.580. The topological polar surface area (TPSA) is 32.3 Å². The molecule has 0 bridgehead atoms. The first-order valence-electron chi connectivity index (χ1n) is 5.64. The van der Waals surface area contributed by atoms with E-state index in [0.29, 0.717) is 0 Å². The van der Waals surface area contributed by atoms with Gasteiger partial charge in [0.05, 0.1) is 6.54 Å². The lowest BCUT2D eigenvalue weighted by Gasteiger charge is -2.23. The van der Waals surface area contributed by atoms with E-state index < -0.39 is 0 Å². The highest BCUT2D eigenvalue weighted by Crippen LogP contribution is 2.13. The molecule has 1 rings (SSSR count). The molecule has 0 radical (unpaired) electrons. The van der Waals surface area contributed by atoms with E-state index in [-0.39, 0.29) is 24.2 Å². The fraction of sp³-hybridized carbons (Fsp3) is 0.583. The van der Waals surface area contributed by atoms with Crippen molar-refractivity contribution in [2.45, 2.75) is 20.4 Å². The Kier molecular flexibility index (Phi) is 8.21. The summed E-state index contributed by atoms with van der Waals surface area (Å²) in [6, 6.07) is 4.10. The van der Waals surface area contributed by atoms with E-state index in [4.69, 9.17) is 0 Å². The van der Waals surface area contributed by atoms with Crippen molar-refractivity contribution in [1.29, 1.82) is 0 Å². The number of hydrogen-bond donors (Lipinski definition) is 1. The van der Waals surface area contributed by atoms with Crippen LogP contribution in [0.2, 0.25) is 0 Å². The third-order valence-corrected chi connectivity index (χ3v) is 3.41. The Labute approximate surface area is 114 Å². The molecule has 0 fully saturated rings. The highest BCUT2D eigenvalue weighted by molar-refractivity contribution is 7.09. The van der Waals surface area contributed by atoms with E-state index in [0.717, 1.165) is 19.6 Å². The van der Waals surface area contributed by atoms with Crippen molar-refractivity contribution in [3.63, 3.8) is 0 Å². The molecule has 1 aromatic heterocycles. The Morgan fingerprint density at radius 3 is 2.76 bits per heavy atom. The molecule has 0 aliphatic rings. The van der Waals surface area contributed by atoms with Gasteiger partial charge in [-0.1, -0.05) is 13.0 Å². The number of carbonyl (C=O) groups excluding carboxylic acids is 1. The van der Waals surface area contributed by atoms with E-state index in [1.807, 2.05) is 37.2 Å². The Bertz CT molecular complexity index is 316. The van der Waals surface area contributed by atoms with E-state index >= 15 is 0 Å². The van der Waals surface area contributed by atoms with Crippen molar-refractivity contribution < 1.29 is 4.79 Å². The first kappa shape index (κ1) is 16.4. The zero-order valence-corrected chi connectivity index (χ0v) is 12.2. The van der Waals surface area contributed by atoms with Crippen molar-refractivity contribution in [3.8, 4) is 0 Å². The number of halogens is 1. The molecule has 1 unspecified atom stereocenters. The first-order chi connectivity index (χ1) is 7.69. The minimum absolute atomic E-state index is 0. The molecule has 3 nitrogen and oxygen atoms in total. The van der Waals surface area contributed by atoms with Gasteiger partial charge >= 0.3 is 0 Å². The quantitative estimate of drug-likeness (QED) is 0.865. The largest absolute Gasteiger partial charge is 0.338 e. The lowest BCUT2D eigenvalue weighted by atomic mass is 10.1. The maximum Gasteiger partial charge on any atom is 0.227 e. The van der Waals surface area contributed by atoms with Crippen molar-refractivity contribution >= 4 is 29.7 Å². The van der Waals surface area contributed by atoms with Gasteiger partial charge in [-0.05, 0) is 25.4 Å². The van der Waals surface area contributed by atoms with Crippen LogP contribution >= 0.6 is 23.7 Å². The van der Waals surface area contributed by atoms with Crippen LogP contribution in [0, 0.1) is 5.92 Å². The van der Waals surface area contributed by atoms with Gasteiger partial charge in [-0.3, -0.25) is 4.79 Å². The number of thiophene rings is 1. The summed E-state index contributed by atoms with van der Waals surface area (Å²) in [5.41, 5.74) is 0. The number of nitrogens with zero attached hydrogens (tertiary/aromatic N) is 1. The summed E-state index contributed by atoms with van der Waals surface area (Å²) in [5, 5.41) is 5.09. The van der Waals surface area contributed by atoms with Gasteiger partial charge in [-0.2, -0.15) is 0 Å². The Morgan fingerprint density at radius 1 is 1.59 bits per heavy atom. The summed E-state index contributed by atoms with van der Waals surface area (Å²) in [7, 11) is 1.87. The fourth-order valence-electron chi connectivity index (χ4n) is 1.64. The van der Waals surface area contributed by atoms with Crippen LogP contribution in [0.15, 0.2) is 17.5 Å². The molecular weight excluding hydrogens is 256 g/mol. The maximum atomic E-state index is 12.1. The molecule has 0 spiro atoms. The average molecular weight is 277 g/mol. The SMILES string of the molecule is CCN(Cc1cccs1)C(=O)C(C)CNC.Cl. The summed E-state index contributed by atoms with van der Waals surface area (Å²) in [5.74, 6) is 0.273. The zero-order chi connectivity index (χ0) is 12.0. The van der Waals surface area contributed by atoms with Gasteiger partial charge in [0.1, 0.15) is 0 Å². The van der Waals surface area contributed by atoms with Gasteiger partial charge in [0.25, 0.3) is 0 Å². The predicted octanol–water partition coefficient (Wildman–Crippen LogP) is 2.37. The normalized spacial score (nSPS) is 11.7. The molecule has 5 heteroatoms. The van der Waals surface area contributed by atoms with Crippen molar-refractivity contribution in [2.24, 2.45) is 5.92 Å². The second kappa shape index (κ2) is 8.50. The lowest BCUT2D eigenvalue weighted by Crippen LogP contribution is -2.37. The van der Waals surface area contributed by atoms with Crippen LogP contribution in [0.1, 0.15) is 18.7 Å².